The van der Waals surface area contributed by atoms with E-state index in [0.717, 1.165) is 24.5 Å². The van der Waals surface area contributed by atoms with Crippen LogP contribution in [-0.4, -0.2) is 32.5 Å². The van der Waals surface area contributed by atoms with Gasteiger partial charge in [0.15, 0.2) is 11.5 Å². The summed E-state index contributed by atoms with van der Waals surface area (Å²) in [5, 5.41) is 0. The Morgan fingerprint density at radius 1 is 1.00 bits per heavy atom. The van der Waals surface area contributed by atoms with E-state index in [4.69, 9.17) is 9.47 Å². The van der Waals surface area contributed by atoms with Crippen LogP contribution in [0.3, 0.4) is 0 Å². The number of rotatable bonds is 3. The van der Waals surface area contributed by atoms with Gasteiger partial charge in [0.2, 0.25) is 10.0 Å². The van der Waals surface area contributed by atoms with Crippen LogP contribution in [0.25, 0.3) is 0 Å². The Kier molecular flexibility index (Phi) is 4.58. The van der Waals surface area contributed by atoms with Crippen LogP contribution in [0.15, 0.2) is 47.4 Å². The zero-order valence-corrected chi connectivity index (χ0v) is 15.0. The van der Waals surface area contributed by atoms with Crippen molar-refractivity contribution in [3.8, 4) is 11.5 Å². The maximum atomic E-state index is 13.5. The van der Waals surface area contributed by atoms with Gasteiger partial charge in [0.25, 0.3) is 0 Å². The van der Waals surface area contributed by atoms with Crippen molar-refractivity contribution in [2.45, 2.75) is 30.2 Å². The Morgan fingerprint density at radius 2 is 1.81 bits per heavy atom. The van der Waals surface area contributed by atoms with Crippen LogP contribution in [-0.2, 0) is 10.0 Å². The quantitative estimate of drug-likeness (QED) is 0.821. The zero-order valence-electron chi connectivity index (χ0n) is 14.2. The molecule has 1 fully saturated rings. The third-order valence-corrected chi connectivity index (χ3v) is 6.67. The fraction of sp³-hybridized carbons (Fsp3) is 0.368. The second-order valence-electron chi connectivity index (χ2n) is 6.49. The molecule has 1 saturated heterocycles. The number of sulfonamides is 1. The lowest BCUT2D eigenvalue weighted by Crippen LogP contribution is -2.30. The van der Waals surface area contributed by atoms with E-state index < -0.39 is 15.8 Å². The summed E-state index contributed by atoms with van der Waals surface area (Å²) in [5.41, 5.74) is 0.867. The minimum absolute atomic E-state index is 0.0151. The predicted octanol–water partition coefficient (Wildman–Crippen LogP) is 3.51. The molecule has 0 aromatic heterocycles. The first kappa shape index (κ1) is 17.3. The molecule has 2 aliphatic rings. The molecule has 5 nitrogen and oxygen atoms in total. The first-order valence-corrected chi connectivity index (χ1v) is 10.2. The highest BCUT2D eigenvalue weighted by Gasteiger charge is 2.36. The maximum Gasteiger partial charge on any atom is 0.243 e. The molecule has 1 unspecified atom stereocenters. The van der Waals surface area contributed by atoms with Crippen molar-refractivity contribution >= 4 is 10.0 Å². The number of hydrogen-bond acceptors (Lipinski definition) is 4. The normalized spacial score (nSPS) is 20.7. The van der Waals surface area contributed by atoms with E-state index >= 15 is 0 Å². The molecule has 0 N–H and O–H groups in total. The molecule has 138 valence electrons. The third-order valence-electron chi connectivity index (χ3n) is 4.76. The number of hydrogen-bond donors (Lipinski definition) is 0. The zero-order chi connectivity index (χ0) is 18.1. The Labute approximate surface area is 152 Å². The highest BCUT2D eigenvalue weighted by Crippen LogP contribution is 2.40. The Hall–Kier alpha value is -2.12. The van der Waals surface area contributed by atoms with Gasteiger partial charge in [-0.25, -0.2) is 12.8 Å². The lowest BCUT2D eigenvalue weighted by molar-refractivity contribution is 0.296. The van der Waals surface area contributed by atoms with Crippen LogP contribution in [0.2, 0.25) is 0 Å². The fourth-order valence-electron chi connectivity index (χ4n) is 3.51. The fourth-order valence-corrected chi connectivity index (χ4v) is 5.23. The van der Waals surface area contributed by atoms with Gasteiger partial charge in [-0.2, -0.15) is 4.31 Å². The number of benzene rings is 2. The monoisotopic (exact) mass is 377 g/mol. The number of nitrogens with zero attached hydrogens (tertiary/aromatic N) is 1. The van der Waals surface area contributed by atoms with Crippen molar-refractivity contribution in [3.05, 3.63) is 53.8 Å². The maximum absolute atomic E-state index is 13.5. The molecule has 0 saturated carbocycles. The van der Waals surface area contributed by atoms with Gasteiger partial charge in [-0.1, -0.05) is 12.1 Å². The summed E-state index contributed by atoms with van der Waals surface area (Å²) in [6.07, 6.45) is 2.29. The number of halogens is 1. The highest BCUT2D eigenvalue weighted by atomic mass is 32.2. The van der Waals surface area contributed by atoms with Crippen LogP contribution in [0, 0.1) is 5.82 Å². The van der Waals surface area contributed by atoms with Crippen molar-refractivity contribution < 1.29 is 22.3 Å². The summed E-state index contributed by atoms with van der Waals surface area (Å²) in [6, 6.07) is 10.5. The first-order valence-electron chi connectivity index (χ1n) is 8.73. The standard InChI is InChI=1S/C19H20FNO4S/c20-15-4-1-5-16(13-15)26(22,23)21-9-2-6-17(21)14-7-8-18-19(12-14)25-11-3-10-24-18/h1,4-5,7-8,12-13,17H,2-3,6,9-11H2. The van der Waals surface area contributed by atoms with Crippen LogP contribution in [0.5, 0.6) is 11.5 Å². The molecule has 7 heteroatoms. The molecule has 0 bridgehead atoms. The van der Waals surface area contributed by atoms with Crippen molar-refractivity contribution in [2.75, 3.05) is 19.8 Å². The summed E-state index contributed by atoms with van der Waals surface area (Å²) >= 11 is 0. The average Bonchev–Trinajstić information content (AvgIpc) is 3.02. The van der Waals surface area contributed by atoms with Gasteiger partial charge in [-0.15, -0.1) is 0 Å². The van der Waals surface area contributed by atoms with Crippen molar-refractivity contribution in [1.29, 1.82) is 0 Å². The highest BCUT2D eigenvalue weighted by molar-refractivity contribution is 7.89. The Balaban J connectivity index is 1.68. The molecule has 26 heavy (non-hydrogen) atoms. The SMILES string of the molecule is O=S(=O)(c1cccc(F)c1)N1CCCC1c1ccc2c(c1)OCCCO2. The van der Waals surface area contributed by atoms with Gasteiger partial charge in [-0.3, -0.25) is 0 Å². The molecule has 2 aliphatic heterocycles. The van der Waals surface area contributed by atoms with Crippen LogP contribution in [0.1, 0.15) is 30.9 Å². The number of fused-ring (bicyclic) bond motifs is 1. The van der Waals surface area contributed by atoms with Crippen LogP contribution in [0.4, 0.5) is 4.39 Å². The Morgan fingerprint density at radius 3 is 2.62 bits per heavy atom. The summed E-state index contributed by atoms with van der Waals surface area (Å²) in [4.78, 5) is -0.0151. The molecule has 2 heterocycles. The second-order valence-corrected chi connectivity index (χ2v) is 8.38. The predicted molar refractivity (Wildman–Crippen MR) is 94.3 cm³/mol. The van der Waals surface area contributed by atoms with E-state index in [1.54, 1.807) is 0 Å². The summed E-state index contributed by atoms with van der Waals surface area (Å²) < 4.78 is 52.4. The van der Waals surface area contributed by atoms with Crippen molar-refractivity contribution in [3.63, 3.8) is 0 Å². The summed E-state index contributed by atoms with van der Waals surface area (Å²) in [7, 11) is -3.77. The lowest BCUT2D eigenvalue weighted by Gasteiger charge is -2.25. The molecular formula is C19H20FNO4S. The summed E-state index contributed by atoms with van der Waals surface area (Å²) in [6.45, 7) is 1.60. The van der Waals surface area contributed by atoms with E-state index in [-0.39, 0.29) is 10.9 Å². The second kappa shape index (κ2) is 6.89. The van der Waals surface area contributed by atoms with Gasteiger partial charge < -0.3 is 9.47 Å². The lowest BCUT2D eigenvalue weighted by atomic mass is 10.0. The third kappa shape index (κ3) is 3.17. The number of ether oxygens (including phenoxy) is 2. The van der Waals surface area contributed by atoms with E-state index in [9.17, 15) is 12.8 Å². The van der Waals surface area contributed by atoms with Gasteiger partial charge in [0, 0.05) is 13.0 Å². The minimum atomic E-state index is -3.77. The van der Waals surface area contributed by atoms with Crippen LogP contribution >= 0.6 is 0 Å². The first-order chi connectivity index (χ1) is 12.6. The molecule has 1 atom stereocenters. The molecule has 4 rings (SSSR count). The molecular weight excluding hydrogens is 357 g/mol. The van der Waals surface area contributed by atoms with E-state index in [1.807, 2.05) is 18.2 Å². The largest absolute Gasteiger partial charge is 0.490 e. The molecule has 0 aliphatic carbocycles. The average molecular weight is 377 g/mol. The minimum Gasteiger partial charge on any atom is -0.490 e. The van der Waals surface area contributed by atoms with E-state index in [1.165, 1.54) is 22.5 Å². The van der Waals surface area contributed by atoms with E-state index in [2.05, 4.69) is 0 Å². The van der Waals surface area contributed by atoms with Gasteiger partial charge in [-0.05, 0) is 48.7 Å². The molecule has 0 radical (unpaired) electrons. The van der Waals surface area contributed by atoms with Gasteiger partial charge in [0.1, 0.15) is 5.82 Å². The van der Waals surface area contributed by atoms with Crippen molar-refractivity contribution in [1.82, 2.24) is 4.31 Å². The topological polar surface area (TPSA) is 55.8 Å². The van der Waals surface area contributed by atoms with Gasteiger partial charge >= 0.3 is 0 Å². The molecule has 0 amide bonds. The molecule has 2 aromatic carbocycles. The Bertz CT molecular complexity index is 916. The van der Waals surface area contributed by atoms with Gasteiger partial charge in [0.05, 0.1) is 24.2 Å². The van der Waals surface area contributed by atoms with Crippen LogP contribution < -0.4 is 9.47 Å². The molecule has 0 spiro atoms. The molecule has 2 aromatic rings. The smallest absolute Gasteiger partial charge is 0.243 e. The van der Waals surface area contributed by atoms with Crippen molar-refractivity contribution in [2.24, 2.45) is 0 Å². The van der Waals surface area contributed by atoms with E-state index in [0.29, 0.717) is 37.7 Å². The summed E-state index contributed by atoms with van der Waals surface area (Å²) in [5.74, 6) is 0.774.